The Morgan fingerprint density at radius 3 is 2.71 bits per heavy atom. The molecular weight excluding hydrogens is 288 g/mol. The second-order valence-corrected chi connectivity index (χ2v) is 5.44. The summed E-state index contributed by atoms with van der Waals surface area (Å²) in [5, 5.41) is 11.7. The van der Waals surface area contributed by atoms with Gasteiger partial charge in [-0.1, -0.05) is 17.7 Å². The third-order valence-electron chi connectivity index (χ3n) is 3.11. The summed E-state index contributed by atoms with van der Waals surface area (Å²) in [7, 11) is 0. The second kappa shape index (κ2) is 6.72. The van der Waals surface area contributed by atoms with E-state index in [0.29, 0.717) is 17.6 Å². The standard InChI is InChI=1S/C15H19ClN4O/c1-9(2)21-15-12(6-5-7-17-15)8-18-14-11(4)10(3)13(16)19-20-14/h5-7,9H,8H2,1-4H3,(H,18,20). The summed E-state index contributed by atoms with van der Waals surface area (Å²) in [6, 6.07) is 3.86. The number of hydrogen-bond acceptors (Lipinski definition) is 5. The number of aromatic nitrogens is 3. The molecule has 112 valence electrons. The zero-order valence-electron chi connectivity index (χ0n) is 12.6. The molecule has 1 N–H and O–H groups in total. The largest absolute Gasteiger partial charge is 0.475 e. The smallest absolute Gasteiger partial charge is 0.218 e. The van der Waals surface area contributed by atoms with Gasteiger partial charge in [-0.25, -0.2) is 4.98 Å². The van der Waals surface area contributed by atoms with Crippen molar-refractivity contribution in [2.75, 3.05) is 5.32 Å². The molecule has 0 unspecified atom stereocenters. The Bertz CT molecular complexity index is 631. The van der Waals surface area contributed by atoms with Crippen LogP contribution in [0.5, 0.6) is 5.88 Å². The van der Waals surface area contributed by atoms with Crippen molar-refractivity contribution in [3.8, 4) is 5.88 Å². The summed E-state index contributed by atoms with van der Waals surface area (Å²) in [6.07, 6.45) is 1.80. The monoisotopic (exact) mass is 306 g/mol. The molecule has 0 aromatic carbocycles. The van der Waals surface area contributed by atoms with Crippen LogP contribution in [-0.2, 0) is 6.54 Å². The molecule has 2 aromatic rings. The SMILES string of the molecule is Cc1c(Cl)nnc(NCc2cccnc2OC(C)C)c1C. The quantitative estimate of drug-likeness (QED) is 0.915. The maximum atomic E-state index is 5.95. The molecule has 5 nitrogen and oxygen atoms in total. The fourth-order valence-electron chi connectivity index (χ4n) is 1.81. The Labute approximate surface area is 129 Å². The topological polar surface area (TPSA) is 59.9 Å². The molecule has 0 radical (unpaired) electrons. The summed E-state index contributed by atoms with van der Waals surface area (Å²) in [6.45, 7) is 8.41. The van der Waals surface area contributed by atoms with Crippen LogP contribution in [0.2, 0.25) is 5.15 Å². The lowest BCUT2D eigenvalue weighted by molar-refractivity contribution is 0.230. The maximum absolute atomic E-state index is 5.95. The van der Waals surface area contributed by atoms with Gasteiger partial charge in [-0.3, -0.25) is 0 Å². The van der Waals surface area contributed by atoms with Crippen LogP contribution in [0.3, 0.4) is 0 Å². The third-order valence-corrected chi connectivity index (χ3v) is 3.47. The summed E-state index contributed by atoms with van der Waals surface area (Å²) in [4.78, 5) is 4.27. The van der Waals surface area contributed by atoms with Gasteiger partial charge in [0.1, 0.15) is 0 Å². The normalized spacial score (nSPS) is 10.8. The van der Waals surface area contributed by atoms with Crippen LogP contribution in [0.4, 0.5) is 5.82 Å². The predicted octanol–water partition coefficient (Wildman–Crippen LogP) is 3.54. The number of hydrogen-bond donors (Lipinski definition) is 1. The molecular formula is C15H19ClN4O. The Kier molecular flexibility index (Phi) is 4.96. The summed E-state index contributed by atoms with van der Waals surface area (Å²) in [5.74, 6) is 1.35. The number of halogens is 1. The molecule has 0 bridgehead atoms. The Balaban J connectivity index is 2.15. The number of nitrogens with zero attached hydrogens (tertiary/aromatic N) is 3. The minimum Gasteiger partial charge on any atom is -0.475 e. The van der Waals surface area contributed by atoms with Crippen molar-refractivity contribution in [1.82, 2.24) is 15.2 Å². The van der Waals surface area contributed by atoms with E-state index < -0.39 is 0 Å². The van der Waals surface area contributed by atoms with Crippen LogP contribution >= 0.6 is 11.6 Å². The van der Waals surface area contributed by atoms with Crippen LogP contribution in [0.25, 0.3) is 0 Å². The number of rotatable bonds is 5. The van der Waals surface area contributed by atoms with Crippen molar-refractivity contribution < 1.29 is 4.74 Å². The van der Waals surface area contributed by atoms with E-state index in [0.717, 1.165) is 22.5 Å². The lowest BCUT2D eigenvalue weighted by atomic mass is 10.2. The van der Waals surface area contributed by atoms with Crippen LogP contribution in [-0.4, -0.2) is 21.3 Å². The van der Waals surface area contributed by atoms with Crippen molar-refractivity contribution in [3.63, 3.8) is 0 Å². The highest BCUT2D eigenvalue weighted by Gasteiger charge is 2.10. The van der Waals surface area contributed by atoms with Crippen molar-refractivity contribution in [1.29, 1.82) is 0 Å². The molecule has 0 aliphatic carbocycles. The van der Waals surface area contributed by atoms with Gasteiger partial charge in [0.2, 0.25) is 5.88 Å². The molecule has 21 heavy (non-hydrogen) atoms. The van der Waals surface area contributed by atoms with Crippen molar-refractivity contribution >= 4 is 17.4 Å². The summed E-state index contributed by atoms with van der Waals surface area (Å²) < 4.78 is 5.70. The zero-order valence-corrected chi connectivity index (χ0v) is 13.4. The highest BCUT2D eigenvalue weighted by molar-refractivity contribution is 6.30. The lowest BCUT2D eigenvalue weighted by Crippen LogP contribution is -2.11. The molecule has 6 heteroatoms. The Morgan fingerprint density at radius 2 is 2.00 bits per heavy atom. The number of pyridine rings is 1. The Morgan fingerprint density at radius 1 is 1.24 bits per heavy atom. The van der Waals surface area contributed by atoms with Gasteiger partial charge >= 0.3 is 0 Å². The first kappa shape index (κ1) is 15.5. The van der Waals surface area contributed by atoms with Crippen LogP contribution in [0.1, 0.15) is 30.5 Å². The van der Waals surface area contributed by atoms with Gasteiger partial charge in [0.05, 0.1) is 6.10 Å². The third kappa shape index (κ3) is 3.82. The van der Waals surface area contributed by atoms with Gasteiger partial charge in [0.15, 0.2) is 11.0 Å². The maximum Gasteiger partial charge on any atom is 0.218 e. The second-order valence-electron chi connectivity index (χ2n) is 5.08. The number of nitrogens with one attached hydrogen (secondary N) is 1. The van der Waals surface area contributed by atoms with Gasteiger partial charge in [-0.2, -0.15) is 0 Å². The van der Waals surface area contributed by atoms with Crippen LogP contribution in [0, 0.1) is 13.8 Å². The minimum absolute atomic E-state index is 0.0814. The fraction of sp³-hybridized carbons (Fsp3) is 0.400. The first-order chi connectivity index (χ1) is 9.99. The van der Waals surface area contributed by atoms with Gasteiger partial charge in [0.25, 0.3) is 0 Å². The van der Waals surface area contributed by atoms with E-state index in [1.54, 1.807) is 6.20 Å². The molecule has 0 atom stereocenters. The van der Waals surface area contributed by atoms with Crippen molar-refractivity contribution in [3.05, 3.63) is 40.2 Å². The van der Waals surface area contributed by atoms with E-state index in [1.165, 1.54) is 0 Å². The summed E-state index contributed by atoms with van der Waals surface area (Å²) >= 11 is 5.95. The average Bonchev–Trinajstić information content (AvgIpc) is 2.45. The molecule has 2 heterocycles. The van der Waals surface area contributed by atoms with E-state index >= 15 is 0 Å². The minimum atomic E-state index is 0.0814. The Hall–Kier alpha value is -1.88. The first-order valence-electron chi connectivity index (χ1n) is 6.82. The summed E-state index contributed by atoms with van der Waals surface area (Å²) in [5.41, 5.74) is 2.89. The molecule has 0 saturated carbocycles. The molecule has 0 fully saturated rings. The molecule has 2 aromatic heterocycles. The van der Waals surface area contributed by atoms with E-state index in [1.807, 2.05) is 39.8 Å². The molecule has 0 aliphatic rings. The zero-order chi connectivity index (χ0) is 15.4. The van der Waals surface area contributed by atoms with E-state index in [2.05, 4.69) is 20.5 Å². The van der Waals surface area contributed by atoms with Crippen LogP contribution in [0.15, 0.2) is 18.3 Å². The lowest BCUT2D eigenvalue weighted by Gasteiger charge is -2.14. The van der Waals surface area contributed by atoms with Crippen molar-refractivity contribution in [2.24, 2.45) is 0 Å². The fourth-order valence-corrected chi connectivity index (χ4v) is 1.99. The van der Waals surface area contributed by atoms with Gasteiger partial charge < -0.3 is 10.1 Å². The van der Waals surface area contributed by atoms with Gasteiger partial charge in [-0.15, -0.1) is 10.2 Å². The number of ether oxygens (including phenoxy) is 1. The van der Waals surface area contributed by atoms with E-state index in [9.17, 15) is 0 Å². The molecule has 0 amide bonds. The van der Waals surface area contributed by atoms with Crippen molar-refractivity contribution in [2.45, 2.75) is 40.3 Å². The van der Waals surface area contributed by atoms with E-state index in [4.69, 9.17) is 16.3 Å². The highest BCUT2D eigenvalue weighted by Crippen LogP contribution is 2.22. The van der Waals surface area contributed by atoms with E-state index in [-0.39, 0.29) is 6.10 Å². The molecule has 0 spiro atoms. The average molecular weight is 307 g/mol. The predicted molar refractivity (Wildman–Crippen MR) is 83.8 cm³/mol. The molecule has 0 aliphatic heterocycles. The molecule has 2 rings (SSSR count). The first-order valence-corrected chi connectivity index (χ1v) is 7.20. The number of anilines is 1. The van der Waals surface area contributed by atoms with Gasteiger partial charge in [0, 0.05) is 18.3 Å². The molecule has 0 saturated heterocycles. The van der Waals surface area contributed by atoms with Gasteiger partial charge in [-0.05, 0) is 44.9 Å². The highest BCUT2D eigenvalue weighted by atomic mass is 35.5. The van der Waals surface area contributed by atoms with Crippen LogP contribution < -0.4 is 10.1 Å².